The van der Waals surface area contributed by atoms with Gasteiger partial charge in [0.2, 0.25) is 5.91 Å². The number of piperazine rings is 1. The Labute approximate surface area is 191 Å². The number of halogens is 1. The van der Waals surface area contributed by atoms with Crippen molar-refractivity contribution in [3.63, 3.8) is 0 Å². The van der Waals surface area contributed by atoms with Crippen molar-refractivity contribution >= 4 is 35.8 Å². The number of likely N-dealkylation sites (N-methyl/N-ethyl adjacent to an activating group) is 1. The maximum absolute atomic E-state index is 12.0. The molecule has 1 aromatic rings. The maximum atomic E-state index is 12.0. The van der Waals surface area contributed by atoms with Crippen LogP contribution in [0.1, 0.15) is 26.6 Å². The highest BCUT2D eigenvalue weighted by Crippen LogP contribution is 2.06. The van der Waals surface area contributed by atoms with Crippen molar-refractivity contribution < 1.29 is 4.79 Å². The van der Waals surface area contributed by atoms with Gasteiger partial charge in [-0.05, 0) is 5.92 Å². The summed E-state index contributed by atoms with van der Waals surface area (Å²) in [6.07, 6.45) is 2.62. The third kappa shape index (κ3) is 8.45. The van der Waals surface area contributed by atoms with Crippen LogP contribution < -0.4 is 5.32 Å². The van der Waals surface area contributed by atoms with Gasteiger partial charge in [-0.1, -0.05) is 20.8 Å². The molecule has 166 valence electrons. The first-order valence-electron chi connectivity index (χ1n) is 10.2. The second-order valence-electron chi connectivity index (χ2n) is 7.83. The molecule has 2 heterocycles. The lowest BCUT2D eigenvalue weighted by atomic mass is 10.2. The number of nitrogens with zero attached hydrogens (tertiary/aromatic N) is 7. The van der Waals surface area contributed by atoms with Gasteiger partial charge in [0.1, 0.15) is 18.7 Å². The monoisotopic (exact) mass is 520 g/mol. The van der Waals surface area contributed by atoms with Crippen LogP contribution in [0.15, 0.2) is 11.3 Å². The van der Waals surface area contributed by atoms with E-state index in [9.17, 15) is 4.79 Å². The predicted molar refractivity (Wildman–Crippen MR) is 127 cm³/mol. The molecule has 0 bridgehead atoms. The first-order chi connectivity index (χ1) is 13.4. The van der Waals surface area contributed by atoms with E-state index in [-0.39, 0.29) is 36.4 Å². The minimum absolute atomic E-state index is 0. The van der Waals surface area contributed by atoms with Gasteiger partial charge in [0.25, 0.3) is 0 Å². The lowest BCUT2D eigenvalue weighted by Crippen LogP contribution is -2.53. The van der Waals surface area contributed by atoms with Crippen LogP contribution in [-0.4, -0.2) is 101 Å². The van der Waals surface area contributed by atoms with Crippen molar-refractivity contribution in [1.29, 1.82) is 0 Å². The molecule has 1 aliphatic rings. The highest BCUT2D eigenvalue weighted by Gasteiger charge is 2.20. The third-order valence-corrected chi connectivity index (χ3v) is 4.81. The number of rotatable bonds is 8. The molecule has 0 aromatic carbocycles. The van der Waals surface area contributed by atoms with Gasteiger partial charge in [-0.15, -0.1) is 34.2 Å². The van der Waals surface area contributed by atoms with Crippen LogP contribution in [0.25, 0.3) is 0 Å². The molecule has 0 atom stereocenters. The highest BCUT2D eigenvalue weighted by molar-refractivity contribution is 14.0. The summed E-state index contributed by atoms with van der Waals surface area (Å²) in [6.45, 7) is 13.2. The van der Waals surface area contributed by atoms with Crippen LogP contribution in [0.2, 0.25) is 0 Å². The van der Waals surface area contributed by atoms with Crippen molar-refractivity contribution in [2.45, 2.75) is 33.7 Å². The summed E-state index contributed by atoms with van der Waals surface area (Å²) in [5, 5.41) is 11.5. The van der Waals surface area contributed by atoms with E-state index in [2.05, 4.69) is 55.6 Å². The van der Waals surface area contributed by atoms with Gasteiger partial charge in [0.05, 0.1) is 0 Å². The Morgan fingerprint density at radius 2 is 1.97 bits per heavy atom. The molecule has 29 heavy (non-hydrogen) atoms. The lowest BCUT2D eigenvalue weighted by molar-refractivity contribution is -0.127. The van der Waals surface area contributed by atoms with Crippen LogP contribution in [0.5, 0.6) is 0 Å². The van der Waals surface area contributed by atoms with Gasteiger partial charge in [0, 0.05) is 66.3 Å². The molecule has 1 saturated heterocycles. The summed E-state index contributed by atoms with van der Waals surface area (Å²) in [5.74, 6) is 2.47. The lowest BCUT2D eigenvalue weighted by Gasteiger charge is -2.37. The number of carbonyl (C=O) groups is 1. The number of hydrogen-bond acceptors (Lipinski definition) is 5. The summed E-state index contributed by atoms with van der Waals surface area (Å²) < 4.78 is 2.05. The molecule has 1 aliphatic heterocycles. The summed E-state index contributed by atoms with van der Waals surface area (Å²) in [7, 11) is 3.52. The van der Waals surface area contributed by atoms with E-state index >= 15 is 0 Å². The fourth-order valence-electron chi connectivity index (χ4n) is 3.24. The van der Waals surface area contributed by atoms with E-state index in [1.54, 1.807) is 25.3 Å². The fourth-order valence-corrected chi connectivity index (χ4v) is 3.24. The quantitative estimate of drug-likeness (QED) is 0.310. The van der Waals surface area contributed by atoms with E-state index in [1.807, 2.05) is 0 Å². The van der Waals surface area contributed by atoms with Crippen molar-refractivity contribution in [1.82, 2.24) is 34.8 Å². The van der Waals surface area contributed by atoms with Crippen LogP contribution in [0.3, 0.4) is 0 Å². The number of aryl methyl sites for hydroxylation is 1. The Hall–Kier alpha value is -1.43. The van der Waals surface area contributed by atoms with Crippen LogP contribution in [0.4, 0.5) is 0 Å². The van der Waals surface area contributed by atoms with Gasteiger partial charge >= 0.3 is 0 Å². The van der Waals surface area contributed by atoms with Crippen LogP contribution >= 0.6 is 24.0 Å². The summed E-state index contributed by atoms with van der Waals surface area (Å²) >= 11 is 0. The van der Waals surface area contributed by atoms with Crippen LogP contribution in [-0.2, 0) is 17.8 Å². The Kier molecular flexibility index (Phi) is 11.5. The molecule has 1 fully saturated rings. The molecule has 2 rings (SSSR count). The second kappa shape index (κ2) is 13.0. The highest BCUT2D eigenvalue weighted by atomic mass is 127. The van der Waals surface area contributed by atoms with Crippen LogP contribution in [0, 0.1) is 5.92 Å². The number of nitrogens with one attached hydrogen (secondary N) is 1. The topological polar surface area (TPSA) is 81.9 Å². The van der Waals surface area contributed by atoms with Crippen molar-refractivity contribution in [3.05, 3.63) is 12.2 Å². The largest absolute Gasteiger partial charge is 0.354 e. The van der Waals surface area contributed by atoms with Gasteiger partial charge in [-0.25, -0.2) is 4.99 Å². The number of amides is 1. The first kappa shape index (κ1) is 25.6. The molecule has 0 unspecified atom stereocenters. The number of aliphatic imine (C=N–C) groups is 1. The normalized spacial score (nSPS) is 15.4. The average molecular weight is 520 g/mol. The number of hydrogen-bond donors (Lipinski definition) is 1. The molecular formula is C19H37IN8O. The predicted octanol–water partition coefficient (Wildman–Crippen LogP) is 0.766. The van der Waals surface area contributed by atoms with Gasteiger partial charge in [0.15, 0.2) is 5.96 Å². The summed E-state index contributed by atoms with van der Waals surface area (Å²) in [4.78, 5) is 22.9. The zero-order valence-corrected chi connectivity index (χ0v) is 20.8. The molecule has 0 radical (unpaired) electrons. The Bertz CT molecular complexity index is 638. The fraction of sp³-hybridized carbons (Fsp3) is 0.789. The average Bonchev–Trinajstić information content (AvgIpc) is 3.12. The van der Waals surface area contributed by atoms with E-state index in [0.717, 1.165) is 57.5 Å². The Morgan fingerprint density at radius 1 is 1.28 bits per heavy atom. The zero-order valence-electron chi connectivity index (χ0n) is 18.5. The molecular weight excluding hydrogens is 483 g/mol. The van der Waals surface area contributed by atoms with E-state index < -0.39 is 0 Å². The number of aromatic nitrogens is 3. The molecule has 9 nitrogen and oxygen atoms in total. The minimum atomic E-state index is 0. The SMILES string of the molecule is CCc1nncn1CCNC(=NCC(=O)N(C)C)N1CCN(CC(C)C)CC1.I. The minimum Gasteiger partial charge on any atom is -0.354 e. The standard InChI is InChI=1S/C19H36N8O.HI/c1-6-17-23-22-15-27(17)8-7-20-19(21-13-18(28)24(4)5)26-11-9-25(10-12-26)14-16(2)3;/h15-16H,6-14H2,1-5H3,(H,20,21);1H. The van der Waals surface area contributed by atoms with E-state index in [0.29, 0.717) is 12.5 Å². The first-order valence-corrected chi connectivity index (χ1v) is 10.2. The molecule has 1 N–H and O–H groups in total. The maximum Gasteiger partial charge on any atom is 0.243 e. The molecule has 10 heteroatoms. The summed E-state index contributed by atoms with van der Waals surface area (Å²) in [6, 6.07) is 0. The van der Waals surface area contributed by atoms with Crippen molar-refractivity contribution in [2.24, 2.45) is 10.9 Å². The molecule has 0 spiro atoms. The smallest absolute Gasteiger partial charge is 0.243 e. The number of guanidine groups is 1. The molecule has 0 aliphatic carbocycles. The Balaban J connectivity index is 0.00000420. The molecule has 1 amide bonds. The van der Waals surface area contributed by atoms with Gasteiger partial charge in [-0.2, -0.15) is 0 Å². The number of carbonyl (C=O) groups excluding carboxylic acids is 1. The Morgan fingerprint density at radius 3 is 2.55 bits per heavy atom. The van der Waals surface area contributed by atoms with Crippen molar-refractivity contribution in [3.8, 4) is 0 Å². The molecule has 0 saturated carbocycles. The van der Waals surface area contributed by atoms with Gasteiger partial charge < -0.3 is 19.7 Å². The van der Waals surface area contributed by atoms with Gasteiger partial charge in [-0.3, -0.25) is 9.69 Å². The third-order valence-electron chi connectivity index (χ3n) is 4.81. The molecule has 1 aromatic heterocycles. The zero-order chi connectivity index (χ0) is 20.5. The van der Waals surface area contributed by atoms with E-state index in [1.165, 1.54) is 0 Å². The second-order valence-corrected chi connectivity index (χ2v) is 7.83. The summed E-state index contributed by atoms with van der Waals surface area (Å²) in [5.41, 5.74) is 0. The van der Waals surface area contributed by atoms with E-state index in [4.69, 9.17) is 0 Å². The van der Waals surface area contributed by atoms with Crippen molar-refractivity contribution in [2.75, 3.05) is 59.9 Å².